The van der Waals surface area contributed by atoms with E-state index < -0.39 is 15.8 Å². The largest absolute Gasteiger partial charge is 0.312 e. The molecule has 0 spiro atoms. The van der Waals surface area contributed by atoms with Gasteiger partial charge in [-0.2, -0.15) is 0 Å². The maximum atomic E-state index is 13.3. The fourth-order valence-electron chi connectivity index (χ4n) is 2.75. The molecular weight excluding hydrogens is 291 g/mol. The Morgan fingerprint density at radius 1 is 1.43 bits per heavy atom. The van der Waals surface area contributed by atoms with Crippen LogP contribution in [-0.2, 0) is 10.0 Å². The van der Waals surface area contributed by atoms with Crippen LogP contribution in [0.3, 0.4) is 0 Å². The minimum atomic E-state index is -3.69. The van der Waals surface area contributed by atoms with Crippen molar-refractivity contribution in [2.45, 2.75) is 44.6 Å². The van der Waals surface area contributed by atoms with E-state index in [1.807, 2.05) is 0 Å². The lowest BCUT2D eigenvalue weighted by Gasteiger charge is -2.39. The summed E-state index contributed by atoms with van der Waals surface area (Å²) in [4.78, 5) is 0.0103. The highest BCUT2D eigenvalue weighted by molar-refractivity contribution is 7.89. The summed E-state index contributed by atoms with van der Waals surface area (Å²) in [6.45, 7) is 7.13. The lowest BCUT2D eigenvalue weighted by molar-refractivity contribution is 0.181. The fourth-order valence-corrected chi connectivity index (χ4v) is 4.05. The van der Waals surface area contributed by atoms with E-state index in [1.54, 1.807) is 6.92 Å². The van der Waals surface area contributed by atoms with Crippen molar-refractivity contribution in [3.05, 3.63) is 29.6 Å². The number of benzene rings is 1. The molecule has 1 heterocycles. The van der Waals surface area contributed by atoms with Crippen molar-refractivity contribution in [2.75, 3.05) is 13.1 Å². The first-order chi connectivity index (χ1) is 9.72. The fraction of sp³-hybridized carbons (Fsp3) is 0.600. The monoisotopic (exact) mass is 314 g/mol. The maximum absolute atomic E-state index is 13.3. The average molecular weight is 314 g/mol. The van der Waals surface area contributed by atoms with Crippen LogP contribution in [0.15, 0.2) is 23.1 Å². The molecule has 1 fully saturated rings. The summed E-state index contributed by atoms with van der Waals surface area (Å²) < 4.78 is 40.6. The van der Waals surface area contributed by atoms with Crippen molar-refractivity contribution in [1.82, 2.24) is 10.0 Å². The van der Waals surface area contributed by atoms with Crippen LogP contribution in [0.25, 0.3) is 0 Å². The molecule has 0 radical (unpaired) electrons. The van der Waals surface area contributed by atoms with Gasteiger partial charge >= 0.3 is 0 Å². The number of nitrogens with one attached hydrogen (secondary N) is 2. The third-order valence-electron chi connectivity index (χ3n) is 4.25. The molecule has 0 saturated carbocycles. The first-order valence-electron chi connectivity index (χ1n) is 7.21. The molecule has 1 aromatic carbocycles. The highest BCUT2D eigenvalue weighted by atomic mass is 32.2. The lowest BCUT2D eigenvalue weighted by Crippen LogP contribution is -2.52. The minimum Gasteiger partial charge on any atom is -0.312 e. The van der Waals surface area contributed by atoms with Gasteiger partial charge in [-0.05, 0) is 49.4 Å². The number of piperidine rings is 1. The Hall–Kier alpha value is -0.980. The third-order valence-corrected chi connectivity index (χ3v) is 5.81. The molecule has 1 atom stereocenters. The molecule has 6 heteroatoms. The molecule has 0 bridgehead atoms. The van der Waals surface area contributed by atoms with Gasteiger partial charge in [0.25, 0.3) is 0 Å². The van der Waals surface area contributed by atoms with Gasteiger partial charge in [0, 0.05) is 12.6 Å². The molecule has 1 aromatic rings. The van der Waals surface area contributed by atoms with Crippen LogP contribution in [0, 0.1) is 18.2 Å². The number of hydrogen-bond donors (Lipinski definition) is 2. The second-order valence-corrected chi connectivity index (χ2v) is 8.10. The van der Waals surface area contributed by atoms with Gasteiger partial charge in [0.15, 0.2) is 0 Å². The summed E-state index contributed by atoms with van der Waals surface area (Å²) in [5, 5.41) is 3.36. The Bertz CT molecular complexity index is 614. The summed E-state index contributed by atoms with van der Waals surface area (Å²) in [6, 6.07) is 3.89. The van der Waals surface area contributed by atoms with E-state index in [0.29, 0.717) is 12.1 Å². The minimum absolute atomic E-state index is 0.0103. The zero-order chi connectivity index (χ0) is 15.7. The standard InChI is InChI=1S/C15H23FN2O2S/c1-11-5-6-12(16)9-13(11)21(19,20)18-10-14-15(2,3)7-4-8-17-14/h5-6,9,14,17-18H,4,7-8,10H2,1-3H3. The summed E-state index contributed by atoms with van der Waals surface area (Å²) in [6.07, 6.45) is 2.16. The van der Waals surface area contributed by atoms with Crippen LogP contribution >= 0.6 is 0 Å². The Morgan fingerprint density at radius 2 is 2.14 bits per heavy atom. The molecule has 1 unspecified atom stereocenters. The molecule has 2 N–H and O–H groups in total. The summed E-state index contributed by atoms with van der Waals surface area (Å²) >= 11 is 0. The van der Waals surface area contributed by atoms with Gasteiger partial charge < -0.3 is 5.32 Å². The average Bonchev–Trinajstić information content (AvgIpc) is 2.39. The van der Waals surface area contributed by atoms with E-state index in [0.717, 1.165) is 25.5 Å². The van der Waals surface area contributed by atoms with E-state index in [1.165, 1.54) is 12.1 Å². The molecule has 1 aliphatic heterocycles. The lowest BCUT2D eigenvalue weighted by atomic mass is 9.78. The van der Waals surface area contributed by atoms with Crippen molar-refractivity contribution in [3.63, 3.8) is 0 Å². The zero-order valence-electron chi connectivity index (χ0n) is 12.7. The number of hydrogen-bond acceptors (Lipinski definition) is 3. The van der Waals surface area contributed by atoms with E-state index in [-0.39, 0.29) is 16.4 Å². The van der Waals surface area contributed by atoms with Gasteiger partial charge in [-0.25, -0.2) is 17.5 Å². The molecule has 118 valence electrons. The van der Waals surface area contributed by atoms with Crippen LogP contribution in [-0.4, -0.2) is 27.5 Å². The van der Waals surface area contributed by atoms with Gasteiger partial charge in [0.05, 0.1) is 4.90 Å². The first kappa shape index (κ1) is 16.4. The van der Waals surface area contributed by atoms with Gasteiger partial charge in [0.1, 0.15) is 5.82 Å². The van der Waals surface area contributed by atoms with Crippen LogP contribution in [0.2, 0.25) is 0 Å². The van der Waals surface area contributed by atoms with Gasteiger partial charge in [0.2, 0.25) is 10.0 Å². The summed E-state index contributed by atoms with van der Waals surface area (Å²) in [5.41, 5.74) is 0.581. The SMILES string of the molecule is Cc1ccc(F)cc1S(=O)(=O)NCC1NCCCC1(C)C. The Balaban J connectivity index is 2.13. The number of sulfonamides is 1. The van der Waals surface area contributed by atoms with Crippen molar-refractivity contribution >= 4 is 10.0 Å². The van der Waals surface area contributed by atoms with E-state index >= 15 is 0 Å². The third kappa shape index (κ3) is 3.81. The van der Waals surface area contributed by atoms with Crippen LogP contribution in [0.5, 0.6) is 0 Å². The van der Waals surface area contributed by atoms with Crippen molar-refractivity contribution < 1.29 is 12.8 Å². The molecule has 1 aliphatic rings. The molecule has 0 aromatic heterocycles. The summed E-state index contributed by atoms with van der Waals surface area (Å²) in [7, 11) is -3.69. The number of aryl methyl sites for hydroxylation is 1. The Morgan fingerprint density at radius 3 is 2.81 bits per heavy atom. The first-order valence-corrected chi connectivity index (χ1v) is 8.70. The predicted molar refractivity (Wildman–Crippen MR) is 81.1 cm³/mol. The van der Waals surface area contributed by atoms with Crippen LogP contribution in [0.4, 0.5) is 4.39 Å². The van der Waals surface area contributed by atoms with Gasteiger partial charge in [-0.3, -0.25) is 0 Å². The molecule has 4 nitrogen and oxygen atoms in total. The van der Waals surface area contributed by atoms with Crippen LogP contribution in [0.1, 0.15) is 32.3 Å². The highest BCUT2D eigenvalue weighted by Crippen LogP contribution is 2.30. The molecule has 21 heavy (non-hydrogen) atoms. The van der Waals surface area contributed by atoms with Crippen molar-refractivity contribution in [3.8, 4) is 0 Å². The second kappa shape index (κ2) is 6.02. The molecule has 2 rings (SSSR count). The molecule has 0 aliphatic carbocycles. The molecule has 0 amide bonds. The van der Waals surface area contributed by atoms with E-state index in [2.05, 4.69) is 23.9 Å². The van der Waals surface area contributed by atoms with Crippen molar-refractivity contribution in [2.24, 2.45) is 5.41 Å². The van der Waals surface area contributed by atoms with Gasteiger partial charge in [-0.1, -0.05) is 19.9 Å². The van der Waals surface area contributed by atoms with E-state index in [4.69, 9.17) is 0 Å². The topological polar surface area (TPSA) is 58.2 Å². The molecular formula is C15H23FN2O2S. The second-order valence-electron chi connectivity index (χ2n) is 6.36. The Labute approximate surface area is 126 Å². The highest BCUT2D eigenvalue weighted by Gasteiger charge is 2.32. The summed E-state index contributed by atoms with van der Waals surface area (Å²) in [5.74, 6) is -0.544. The van der Waals surface area contributed by atoms with Gasteiger partial charge in [-0.15, -0.1) is 0 Å². The molecule has 1 saturated heterocycles. The number of halogens is 1. The predicted octanol–water partition coefficient (Wildman–Crippen LogP) is 2.19. The van der Waals surface area contributed by atoms with Crippen LogP contribution < -0.4 is 10.0 Å². The quantitative estimate of drug-likeness (QED) is 0.896. The van der Waals surface area contributed by atoms with Crippen molar-refractivity contribution in [1.29, 1.82) is 0 Å². The van der Waals surface area contributed by atoms with E-state index in [9.17, 15) is 12.8 Å². The number of rotatable bonds is 4. The maximum Gasteiger partial charge on any atom is 0.240 e. The smallest absolute Gasteiger partial charge is 0.240 e. The zero-order valence-corrected chi connectivity index (χ0v) is 13.6. The Kier molecular flexibility index (Phi) is 4.70. The normalized spacial score (nSPS) is 22.2.